The van der Waals surface area contributed by atoms with Crippen LogP contribution in [0.25, 0.3) is 16.9 Å². The summed E-state index contributed by atoms with van der Waals surface area (Å²) < 4.78 is 2.81. The Balaban J connectivity index is 2.12. The molecular weight excluding hydrogens is 380 g/mol. The fraction of sp³-hybridized carbons (Fsp3) is 0.316. The van der Waals surface area contributed by atoms with Crippen LogP contribution in [0.4, 0.5) is 0 Å². The van der Waals surface area contributed by atoms with Crippen LogP contribution >= 0.6 is 15.9 Å². The Kier molecular flexibility index (Phi) is 5.18. The average molecular weight is 401 g/mol. The molecule has 0 aliphatic rings. The summed E-state index contributed by atoms with van der Waals surface area (Å²) in [6, 6.07) is 11.8. The highest BCUT2D eigenvalue weighted by atomic mass is 79.9. The summed E-state index contributed by atoms with van der Waals surface area (Å²) in [5.74, 6) is 0.0912. The lowest BCUT2D eigenvalue weighted by Crippen LogP contribution is -2.32. The summed E-state index contributed by atoms with van der Waals surface area (Å²) in [5, 5.41) is 4.58. The van der Waals surface area contributed by atoms with Crippen molar-refractivity contribution in [2.45, 2.75) is 27.2 Å². The maximum atomic E-state index is 12.7. The molecule has 0 spiro atoms. The number of aryl methyl sites for hydroxylation is 1. The molecule has 2 heterocycles. The molecule has 130 valence electrons. The number of hydrogen-bond donors (Lipinski definition) is 0. The van der Waals surface area contributed by atoms with Gasteiger partial charge < -0.3 is 4.90 Å². The summed E-state index contributed by atoms with van der Waals surface area (Å²) in [6.45, 7) is 7.33. The number of carbonyl (C=O) groups excluding carboxylic acids is 1. The van der Waals surface area contributed by atoms with Gasteiger partial charge in [-0.05, 0) is 45.0 Å². The fourth-order valence-electron chi connectivity index (χ4n) is 2.90. The molecule has 5 nitrogen and oxygen atoms in total. The van der Waals surface area contributed by atoms with Gasteiger partial charge in [0, 0.05) is 23.1 Å². The van der Waals surface area contributed by atoms with Gasteiger partial charge in [-0.3, -0.25) is 4.79 Å². The van der Waals surface area contributed by atoms with Crippen molar-refractivity contribution in [2.75, 3.05) is 13.1 Å². The van der Waals surface area contributed by atoms with E-state index in [1.807, 2.05) is 62.1 Å². The van der Waals surface area contributed by atoms with Crippen molar-refractivity contribution in [1.29, 1.82) is 0 Å². The molecule has 0 saturated carbocycles. The Morgan fingerprint density at radius 1 is 1.12 bits per heavy atom. The predicted octanol–water partition coefficient (Wildman–Crippen LogP) is 3.88. The van der Waals surface area contributed by atoms with Gasteiger partial charge in [-0.1, -0.05) is 28.1 Å². The van der Waals surface area contributed by atoms with E-state index in [1.165, 1.54) is 0 Å². The second-order valence-corrected chi connectivity index (χ2v) is 6.82. The topological polar surface area (TPSA) is 50.5 Å². The Morgan fingerprint density at radius 3 is 2.44 bits per heavy atom. The SMILES string of the molecule is CCN(CC)C(=O)Cc1c(-c2ccc(Br)cc2)nc2ccc(C)nn12. The zero-order valence-electron chi connectivity index (χ0n) is 14.7. The molecule has 2 aromatic heterocycles. The Morgan fingerprint density at radius 2 is 1.80 bits per heavy atom. The Bertz CT molecular complexity index is 898. The molecule has 0 atom stereocenters. The number of halogens is 1. The third-order valence-electron chi connectivity index (χ3n) is 4.26. The van der Waals surface area contributed by atoms with E-state index in [1.54, 1.807) is 4.52 Å². The predicted molar refractivity (Wildman–Crippen MR) is 102 cm³/mol. The first-order chi connectivity index (χ1) is 12.0. The van der Waals surface area contributed by atoms with Crippen molar-refractivity contribution < 1.29 is 4.79 Å². The first kappa shape index (κ1) is 17.6. The van der Waals surface area contributed by atoms with Crippen molar-refractivity contribution in [3.05, 3.63) is 52.3 Å². The number of amides is 1. The fourth-order valence-corrected chi connectivity index (χ4v) is 3.16. The molecule has 1 aromatic carbocycles. The van der Waals surface area contributed by atoms with Crippen molar-refractivity contribution in [1.82, 2.24) is 19.5 Å². The summed E-state index contributed by atoms with van der Waals surface area (Å²) in [7, 11) is 0. The van der Waals surface area contributed by atoms with E-state index in [9.17, 15) is 4.79 Å². The number of aromatic nitrogens is 3. The second-order valence-electron chi connectivity index (χ2n) is 5.90. The van der Waals surface area contributed by atoms with Crippen molar-refractivity contribution in [3.63, 3.8) is 0 Å². The molecule has 1 amide bonds. The van der Waals surface area contributed by atoms with Crippen LogP contribution in [0.5, 0.6) is 0 Å². The highest BCUT2D eigenvalue weighted by Crippen LogP contribution is 2.26. The molecule has 3 aromatic rings. The quantitative estimate of drug-likeness (QED) is 0.652. The van der Waals surface area contributed by atoms with Gasteiger partial charge in [0.25, 0.3) is 0 Å². The van der Waals surface area contributed by atoms with Gasteiger partial charge in [-0.25, -0.2) is 9.50 Å². The lowest BCUT2D eigenvalue weighted by Gasteiger charge is -2.18. The van der Waals surface area contributed by atoms with Crippen LogP contribution in [0.2, 0.25) is 0 Å². The van der Waals surface area contributed by atoms with Crippen LogP contribution in [-0.2, 0) is 11.2 Å². The number of nitrogens with zero attached hydrogens (tertiary/aromatic N) is 4. The Hall–Kier alpha value is -2.21. The van der Waals surface area contributed by atoms with Gasteiger partial charge in [-0.2, -0.15) is 5.10 Å². The molecule has 0 N–H and O–H groups in total. The standard InChI is InChI=1S/C19H21BrN4O/c1-4-23(5-2)18(25)12-16-19(14-7-9-15(20)10-8-14)21-17-11-6-13(3)22-24(16)17/h6-11H,4-5,12H2,1-3H3. The van der Waals surface area contributed by atoms with Crippen LogP contribution in [0, 0.1) is 6.92 Å². The molecule has 3 rings (SSSR count). The first-order valence-corrected chi connectivity index (χ1v) is 9.21. The summed E-state index contributed by atoms with van der Waals surface area (Å²) in [4.78, 5) is 19.3. The molecular formula is C19H21BrN4O. The van der Waals surface area contributed by atoms with Gasteiger partial charge in [0.15, 0.2) is 5.65 Å². The lowest BCUT2D eigenvalue weighted by molar-refractivity contribution is -0.130. The van der Waals surface area contributed by atoms with E-state index < -0.39 is 0 Å². The number of rotatable bonds is 5. The first-order valence-electron chi connectivity index (χ1n) is 8.42. The number of fused-ring (bicyclic) bond motifs is 1. The van der Waals surface area contributed by atoms with E-state index >= 15 is 0 Å². The van der Waals surface area contributed by atoms with Crippen LogP contribution in [0.1, 0.15) is 25.2 Å². The van der Waals surface area contributed by atoms with Gasteiger partial charge >= 0.3 is 0 Å². The van der Waals surface area contributed by atoms with Crippen LogP contribution < -0.4 is 0 Å². The minimum Gasteiger partial charge on any atom is -0.343 e. The number of imidazole rings is 1. The van der Waals surface area contributed by atoms with Gasteiger partial charge in [0.05, 0.1) is 23.5 Å². The molecule has 0 aliphatic carbocycles. The summed E-state index contributed by atoms with van der Waals surface area (Å²) in [5.41, 5.74) is 4.27. The van der Waals surface area contributed by atoms with Crippen LogP contribution in [0.3, 0.4) is 0 Å². The van der Waals surface area contributed by atoms with E-state index in [-0.39, 0.29) is 12.3 Å². The number of benzene rings is 1. The van der Waals surface area contributed by atoms with Crippen molar-refractivity contribution in [2.24, 2.45) is 0 Å². The zero-order valence-corrected chi connectivity index (χ0v) is 16.2. The third kappa shape index (κ3) is 3.58. The van der Waals surface area contributed by atoms with Gasteiger partial charge in [0.1, 0.15) is 0 Å². The monoisotopic (exact) mass is 400 g/mol. The largest absolute Gasteiger partial charge is 0.343 e. The van der Waals surface area contributed by atoms with Gasteiger partial charge in [0.2, 0.25) is 5.91 Å². The number of likely N-dealkylation sites (N-methyl/N-ethyl adjacent to an activating group) is 1. The normalized spacial score (nSPS) is 11.0. The van der Waals surface area contributed by atoms with E-state index in [0.717, 1.165) is 32.8 Å². The second kappa shape index (κ2) is 7.35. The summed E-state index contributed by atoms with van der Waals surface area (Å²) in [6.07, 6.45) is 0.282. The van der Waals surface area contributed by atoms with E-state index in [0.29, 0.717) is 13.1 Å². The highest BCUT2D eigenvalue weighted by Gasteiger charge is 2.20. The molecule has 25 heavy (non-hydrogen) atoms. The lowest BCUT2D eigenvalue weighted by atomic mass is 10.1. The minimum atomic E-state index is 0.0912. The third-order valence-corrected chi connectivity index (χ3v) is 4.78. The van der Waals surface area contributed by atoms with Crippen molar-refractivity contribution >= 4 is 27.5 Å². The molecule has 0 radical (unpaired) electrons. The number of carbonyl (C=O) groups is 1. The van der Waals surface area contributed by atoms with Crippen LogP contribution in [0.15, 0.2) is 40.9 Å². The van der Waals surface area contributed by atoms with E-state index in [4.69, 9.17) is 4.98 Å². The van der Waals surface area contributed by atoms with Crippen LogP contribution in [-0.4, -0.2) is 38.5 Å². The maximum Gasteiger partial charge on any atom is 0.228 e. The minimum absolute atomic E-state index is 0.0912. The number of hydrogen-bond acceptors (Lipinski definition) is 3. The van der Waals surface area contributed by atoms with E-state index in [2.05, 4.69) is 21.0 Å². The Labute approximate surface area is 155 Å². The molecule has 0 saturated heterocycles. The van der Waals surface area contributed by atoms with Gasteiger partial charge in [-0.15, -0.1) is 0 Å². The molecule has 0 aliphatic heterocycles. The van der Waals surface area contributed by atoms with Crippen molar-refractivity contribution in [3.8, 4) is 11.3 Å². The molecule has 0 fully saturated rings. The smallest absolute Gasteiger partial charge is 0.228 e. The zero-order chi connectivity index (χ0) is 18.0. The highest BCUT2D eigenvalue weighted by molar-refractivity contribution is 9.10. The average Bonchev–Trinajstić information content (AvgIpc) is 2.94. The maximum absolute atomic E-state index is 12.7. The molecule has 0 bridgehead atoms. The molecule has 0 unspecified atom stereocenters. The molecule has 6 heteroatoms. The summed E-state index contributed by atoms with van der Waals surface area (Å²) >= 11 is 3.46.